The molecule has 3 heteroatoms. The van der Waals surface area contributed by atoms with Gasteiger partial charge in [0, 0.05) is 29.1 Å². The molecule has 0 bridgehead atoms. The summed E-state index contributed by atoms with van der Waals surface area (Å²) in [6.07, 6.45) is 4.64. The van der Waals surface area contributed by atoms with E-state index in [1.807, 2.05) is 18.5 Å². The number of pyridine rings is 1. The molecule has 4 aromatic rings. The number of fused-ring (bicyclic) bond motifs is 2. The van der Waals surface area contributed by atoms with Crippen molar-refractivity contribution in [3.63, 3.8) is 0 Å². The average molecular weight is 313 g/mol. The van der Waals surface area contributed by atoms with Crippen molar-refractivity contribution in [2.45, 2.75) is 26.2 Å². The molecule has 3 nitrogen and oxygen atoms in total. The van der Waals surface area contributed by atoms with Crippen LogP contribution in [-0.4, -0.2) is 15.0 Å². The molecule has 24 heavy (non-hydrogen) atoms. The minimum atomic E-state index is 0.338. The first kappa shape index (κ1) is 14.8. The lowest BCUT2D eigenvalue weighted by Crippen LogP contribution is -1.98. The fourth-order valence-corrected chi connectivity index (χ4v) is 2.93. The fourth-order valence-electron chi connectivity index (χ4n) is 2.93. The molecule has 118 valence electrons. The highest BCUT2D eigenvalue weighted by atomic mass is 14.9. The van der Waals surface area contributed by atoms with E-state index in [9.17, 15) is 0 Å². The monoisotopic (exact) mass is 313 g/mol. The molecule has 2 heterocycles. The topological polar surface area (TPSA) is 38.7 Å². The van der Waals surface area contributed by atoms with Crippen LogP contribution in [0, 0.1) is 0 Å². The van der Waals surface area contributed by atoms with Crippen LogP contribution in [0.2, 0.25) is 0 Å². The molecule has 0 aliphatic carbocycles. The Balaban J connectivity index is 1.69. The maximum atomic E-state index is 4.70. The molecule has 0 saturated carbocycles. The van der Waals surface area contributed by atoms with Crippen molar-refractivity contribution in [3.05, 3.63) is 77.9 Å². The van der Waals surface area contributed by atoms with Gasteiger partial charge in [-0.15, -0.1) is 0 Å². The van der Waals surface area contributed by atoms with Gasteiger partial charge in [0.2, 0.25) is 0 Å². The molecule has 0 aliphatic heterocycles. The van der Waals surface area contributed by atoms with E-state index in [1.54, 1.807) is 0 Å². The van der Waals surface area contributed by atoms with Gasteiger partial charge in [-0.3, -0.25) is 4.98 Å². The quantitative estimate of drug-likeness (QED) is 0.540. The number of nitrogens with zero attached hydrogens (tertiary/aromatic N) is 3. The van der Waals surface area contributed by atoms with E-state index < -0.39 is 0 Å². The van der Waals surface area contributed by atoms with Crippen LogP contribution in [0.15, 0.2) is 60.9 Å². The maximum Gasteiger partial charge on any atom is 0.131 e. The van der Waals surface area contributed by atoms with E-state index in [1.165, 1.54) is 16.5 Å². The van der Waals surface area contributed by atoms with Crippen molar-refractivity contribution < 1.29 is 0 Å². The summed E-state index contributed by atoms with van der Waals surface area (Å²) in [5, 5.41) is 2.26. The predicted molar refractivity (Wildman–Crippen MR) is 98.2 cm³/mol. The Bertz CT molecular complexity index is 1020. The van der Waals surface area contributed by atoms with Gasteiger partial charge in [-0.05, 0) is 35.7 Å². The van der Waals surface area contributed by atoms with E-state index in [0.29, 0.717) is 5.92 Å². The Morgan fingerprint density at radius 2 is 1.58 bits per heavy atom. The van der Waals surface area contributed by atoms with Gasteiger partial charge in [-0.25, -0.2) is 9.97 Å². The van der Waals surface area contributed by atoms with Crippen molar-refractivity contribution in [2.24, 2.45) is 0 Å². The van der Waals surface area contributed by atoms with E-state index in [0.717, 1.165) is 28.7 Å². The third kappa shape index (κ3) is 2.85. The first-order chi connectivity index (χ1) is 11.7. The van der Waals surface area contributed by atoms with Crippen LogP contribution in [0.5, 0.6) is 0 Å². The van der Waals surface area contributed by atoms with Gasteiger partial charge in [0.1, 0.15) is 5.82 Å². The van der Waals surface area contributed by atoms with E-state index in [4.69, 9.17) is 4.98 Å². The summed E-state index contributed by atoms with van der Waals surface area (Å²) in [5.74, 6) is 1.24. The van der Waals surface area contributed by atoms with E-state index in [-0.39, 0.29) is 0 Å². The molecule has 0 fully saturated rings. The summed E-state index contributed by atoms with van der Waals surface area (Å²) >= 11 is 0. The molecule has 2 aromatic carbocycles. The van der Waals surface area contributed by atoms with Crippen LogP contribution in [0.25, 0.3) is 21.8 Å². The lowest BCUT2D eigenvalue weighted by atomic mass is 10.0. The predicted octanol–water partition coefficient (Wildman–Crippen LogP) is 4.89. The molecule has 0 saturated heterocycles. The molecular formula is C21H19N3. The Hall–Kier alpha value is -2.81. The van der Waals surface area contributed by atoms with Crippen LogP contribution in [0.3, 0.4) is 0 Å². The molecule has 0 unspecified atom stereocenters. The molecule has 0 radical (unpaired) electrons. The second-order valence-electron chi connectivity index (χ2n) is 6.48. The zero-order chi connectivity index (χ0) is 16.5. The smallest absolute Gasteiger partial charge is 0.131 e. The van der Waals surface area contributed by atoms with Crippen LogP contribution < -0.4 is 0 Å². The number of aromatic nitrogens is 3. The standard InChI is InChI=1S/C21H19N3/c1-14(2)21-23-13-18-8-6-16(12-20(18)24-21)10-15-5-7-17-4-3-9-22-19(17)11-15/h3-9,11-14H,10H2,1-2H3. The Kier molecular flexibility index (Phi) is 3.69. The van der Waals surface area contributed by atoms with Gasteiger partial charge in [0.15, 0.2) is 0 Å². The lowest BCUT2D eigenvalue weighted by Gasteiger charge is -2.07. The summed E-state index contributed by atoms with van der Waals surface area (Å²) < 4.78 is 0. The van der Waals surface area contributed by atoms with E-state index >= 15 is 0 Å². The summed E-state index contributed by atoms with van der Waals surface area (Å²) in [7, 11) is 0. The lowest BCUT2D eigenvalue weighted by molar-refractivity contribution is 0.783. The van der Waals surface area contributed by atoms with Crippen molar-refractivity contribution in [1.29, 1.82) is 0 Å². The van der Waals surface area contributed by atoms with Crippen molar-refractivity contribution in [1.82, 2.24) is 15.0 Å². The molecule has 0 aliphatic rings. The molecule has 0 atom stereocenters. The minimum absolute atomic E-state index is 0.338. The summed E-state index contributed by atoms with van der Waals surface area (Å²) in [4.78, 5) is 13.6. The van der Waals surface area contributed by atoms with Gasteiger partial charge in [0.05, 0.1) is 11.0 Å². The second kappa shape index (κ2) is 6.00. The highest BCUT2D eigenvalue weighted by Gasteiger charge is 2.06. The fraction of sp³-hybridized carbons (Fsp3) is 0.190. The van der Waals surface area contributed by atoms with Gasteiger partial charge >= 0.3 is 0 Å². The molecule has 0 spiro atoms. The minimum Gasteiger partial charge on any atom is -0.256 e. The van der Waals surface area contributed by atoms with Crippen molar-refractivity contribution >= 4 is 21.8 Å². The second-order valence-corrected chi connectivity index (χ2v) is 6.48. The number of hydrogen-bond donors (Lipinski definition) is 0. The van der Waals surface area contributed by atoms with Gasteiger partial charge in [-0.1, -0.05) is 44.2 Å². The molecule has 0 N–H and O–H groups in total. The third-order valence-corrected chi connectivity index (χ3v) is 4.26. The van der Waals surface area contributed by atoms with Gasteiger partial charge < -0.3 is 0 Å². The number of hydrogen-bond acceptors (Lipinski definition) is 3. The highest BCUT2D eigenvalue weighted by molar-refractivity contribution is 5.80. The van der Waals surface area contributed by atoms with Gasteiger partial charge in [0.25, 0.3) is 0 Å². The Morgan fingerprint density at radius 3 is 2.38 bits per heavy atom. The van der Waals surface area contributed by atoms with Gasteiger partial charge in [-0.2, -0.15) is 0 Å². The summed E-state index contributed by atoms with van der Waals surface area (Å²) in [6.45, 7) is 4.24. The van der Waals surface area contributed by atoms with Crippen molar-refractivity contribution in [2.75, 3.05) is 0 Å². The zero-order valence-corrected chi connectivity index (χ0v) is 13.9. The van der Waals surface area contributed by atoms with Crippen molar-refractivity contribution in [3.8, 4) is 0 Å². The average Bonchev–Trinajstić information content (AvgIpc) is 2.61. The molecule has 2 aromatic heterocycles. The maximum absolute atomic E-state index is 4.70. The normalized spacial score (nSPS) is 11.5. The summed E-state index contributed by atoms with van der Waals surface area (Å²) in [5.41, 5.74) is 4.58. The first-order valence-electron chi connectivity index (χ1n) is 8.28. The first-order valence-corrected chi connectivity index (χ1v) is 8.28. The largest absolute Gasteiger partial charge is 0.256 e. The number of rotatable bonds is 3. The molecular weight excluding hydrogens is 294 g/mol. The summed E-state index contributed by atoms with van der Waals surface area (Å²) in [6, 6.07) is 17.0. The van der Waals surface area contributed by atoms with Crippen LogP contribution in [0.4, 0.5) is 0 Å². The number of benzene rings is 2. The highest BCUT2D eigenvalue weighted by Crippen LogP contribution is 2.20. The zero-order valence-electron chi connectivity index (χ0n) is 13.9. The van der Waals surface area contributed by atoms with E-state index in [2.05, 4.69) is 66.3 Å². The Labute approximate surface area is 141 Å². The third-order valence-electron chi connectivity index (χ3n) is 4.26. The van der Waals surface area contributed by atoms with Crippen LogP contribution in [0.1, 0.15) is 36.7 Å². The SMILES string of the molecule is CC(C)c1ncc2ccc(Cc3ccc4cccnc4c3)cc2n1. The van der Waals surface area contributed by atoms with Crippen LogP contribution in [-0.2, 0) is 6.42 Å². The molecule has 4 rings (SSSR count). The Morgan fingerprint density at radius 1 is 0.833 bits per heavy atom. The van der Waals surface area contributed by atoms with Crippen LogP contribution >= 0.6 is 0 Å². The molecule has 0 amide bonds.